The Balaban J connectivity index is 2.32. The molecule has 18 heavy (non-hydrogen) atoms. The smallest absolute Gasteiger partial charge is 0.226 e. The molecule has 1 heterocycles. The van der Waals surface area contributed by atoms with Gasteiger partial charge in [-0.3, -0.25) is 0 Å². The summed E-state index contributed by atoms with van der Waals surface area (Å²) in [6.45, 7) is 5.18. The zero-order valence-corrected chi connectivity index (χ0v) is 11.6. The molecule has 1 aromatic heterocycles. The molecule has 0 bridgehead atoms. The minimum Gasteiger partial charge on any atom is -0.338 e. The molecular formula is C14H18ClN3. The summed E-state index contributed by atoms with van der Waals surface area (Å²) in [6, 6.07) is 8.41. The largest absolute Gasteiger partial charge is 0.338 e. The van der Waals surface area contributed by atoms with Crippen molar-refractivity contribution in [2.75, 3.05) is 17.3 Å². The maximum Gasteiger partial charge on any atom is 0.226 e. The average molecular weight is 264 g/mol. The molecule has 2 rings (SSSR count). The second-order valence-corrected chi connectivity index (χ2v) is 4.94. The number of alkyl halides is 1. The predicted octanol–water partition coefficient (Wildman–Crippen LogP) is 3.47. The fourth-order valence-corrected chi connectivity index (χ4v) is 2.04. The lowest BCUT2D eigenvalue weighted by Crippen LogP contribution is -2.33. The fraction of sp³-hybridized carbons (Fsp3) is 0.429. The van der Waals surface area contributed by atoms with E-state index in [0.29, 0.717) is 11.9 Å². The molecule has 0 N–H and O–H groups in total. The van der Waals surface area contributed by atoms with Crippen molar-refractivity contribution in [3.63, 3.8) is 0 Å². The molecule has 0 saturated heterocycles. The standard InChI is InChI=1S/C14H18ClN3/c1-11(2)18(9-5-8-15)14-16-10-12-6-3-4-7-13(12)17-14/h3-4,6-7,10-11H,5,8-9H2,1-2H3. The third-order valence-electron chi connectivity index (χ3n) is 2.89. The minimum atomic E-state index is 0.370. The van der Waals surface area contributed by atoms with E-state index in [2.05, 4.69) is 28.7 Å². The van der Waals surface area contributed by atoms with Crippen LogP contribution in [0.25, 0.3) is 10.9 Å². The highest BCUT2D eigenvalue weighted by molar-refractivity contribution is 6.17. The van der Waals surface area contributed by atoms with E-state index in [-0.39, 0.29) is 0 Å². The number of fused-ring (bicyclic) bond motifs is 1. The van der Waals surface area contributed by atoms with E-state index in [0.717, 1.165) is 29.8 Å². The Labute approximate surface area is 113 Å². The van der Waals surface area contributed by atoms with Gasteiger partial charge in [-0.25, -0.2) is 9.97 Å². The van der Waals surface area contributed by atoms with Crippen LogP contribution in [-0.2, 0) is 0 Å². The number of aromatic nitrogens is 2. The van der Waals surface area contributed by atoms with Gasteiger partial charge in [0.25, 0.3) is 0 Å². The molecule has 0 unspecified atom stereocenters. The van der Waals surface area contributed by atoms with Gasteiger partial charge < -0.3 is 4.90 Å². The summed E-state index contributed by atoms with van der Waals surface area (Å²) in [7, 11) is 0. The molecule has 4 heteroatoms. The SMILES string of the molecule is CC(C)N(CCCCl)c1ncc2ccccc2n1. The molecule has 0 spiro atoms. The molecule has 0 amide bonds. The molecule has 0 fully saturated rings. The van der Waals surface area contributed by atoms with E-state index >= 15 is 0 Å². The van der Waals surface area contributed by atoms with Crippen molar-refractivity contribution < 1.29 is 0 Å². The van der Waals surface area contributed by atoms with Gasteiger partial charge >= 0.3 is 0 Å². The molecule has 3 nitrogen and oxygen atoms in total. The van der Waals surface area contributed by atoms with Crippen LogP contribution in [0.2, 0.25) is 0 Å². The third-order valence-corrected chi connectivity index (χ3v) is 3.16. The van der Waals surface area contributed by atoms with Crippen molar-refractivity contribution in [3.05, 3.63) is 30.5 Å². The molecule has 2 aromatic rings. The van der Waals surface area contributed by atoms with Crippen LogP contribution < -0.4 is 4.90 Å². The number of halogens is 1. The van der Waals surface area contributed by atoms with Gasteiger partial charge in [-0.2, -0.15) is 0 Å². The molecule has 0 atom stereocenters. The van der Waals surface area contributed by atoms with E-state index in [9.17, 15) is 0 Å². The highest BCUT2D eigenvalue weighted by Gasteiger charge is 2.13. The summed E-state index contributed by atoms with van der Waals surface area (Å²) in [5.41, 5.74) is 0.985. The number of anilines is 1. The summed E-state index contributed by atoms with van der Waals surface area (Å²) in [4.78, 5) is 11.3. The van der Waals surface area contributed by atoms with Crippen LogP contribution in [0.15, 0.2) is 30.5 Å². The number of rotatable bonds is 5. The van der Waals surface area contributed by atoms with Crippen molar-refractivity contribution in [3.8, 4) is 0 Å². The van der Waals surface area contributed by atoms with Crippen molar-refractivity contribution >= 4 is 28.5 Å². The first-order valence-electron chi connectivity index (χ1n) is 6.27. The molecule has 96 valence electrons. The average Bonchev–Trinajstić information content (AvgIpc) is 2.38. The summed E-state index contributed by atoms with van der Waals surface area (Å²) in [6.07, 6.45) is 2.82. The van der Waals surface area contributed by atoms with E-state index in [1.54, 1.807) is 0 Å². The van der Waals surface area contributed by atoms with Gasteiger partial charge in [0, 0.05) is 30.0 Å². The maximum atomic E-state index is 5.77. The normalized spacial score (nSPS) is 11.1. The maximum absolute atomic E-state index is 5.77. The van der Waals surface area contributed by atoms with Gasteiger partial charge in [-0.05, 0) is 26.3 Å². The Bertz CT molecular complexity index is 513. The van der Waals surface area contributed by atoms with Gasteiger partial charge in [-0.1, -0.05) is 18.2 Å². The number of para-hydroxylation sites is 1. The first-order chi connectivity index (χ1) is 8.72. The van der Waals surface area contributed by atoms with Crippen LogP contribution in [0.5, 0.6) is 0 Å². The molecule has 0 saturated carbocycles. The van der Waals surface area contributed by atoms with Crippen LogP contribution in [0.1, 0.15) is 20.3 Å². The zero-order chi connectivity index (χ0) is 13.0. The lowest BCUT2D eigenvalue weighted by molar-refractivity contribution is 0.654. The highest BCUT2D eigenvalue weighted by Crippen LogP contribution is 2.17. The van der Waals surface area contributed by atoms with Crippen LogP contribution in [0.3, 0.4) is 0 Å². The number of nitrogens with zero attached hydrogens (tertiary/aromatic N) is 3. The molecule has 0 radical (unpaired) electrons. The molecule has 0 aliphatic heterocycles. The van der Waals surface area contributed by atoms with Crippen molar-refractivity contribution in [1.29, 1.82) is 0 Å². The Morgan fingerprint density at radius 3 is 2.78 bits per heavy atom. The van der Waals surface area contributed by atoms with E-state index < -0.39 is 0 Å². The Hall–Kier alpha value is -1.35. The molecule has 1 aromatic carbocycles. The van der Waals surface area contributed by atoms with Crippen molar-refractivity contribution in [2.24, 2.45) is 0 Å². The van der Waals surface area contributed by atoms with E-state index in [1.807, 2.05) is 30.5 Å². The Kier molecular flexibility index (Phi) is 4.37. The quantitative estimate of drug-likeness (QED) is 0.774. The lowest BCUT2D eigenvalue weighted by atomic mass is 10.2. The van der Waals surface area contributed by atoms with Crippen molar-refractivity contribution in [1.82, 2.24) is 9.97 Å². The fourth-order valence-electron chi connectivity index (χ4n) is 1.92. The van der Waals surface area contributed by atoms with Gasteiger partial charge in [0.2, 0.25) is 5.95 Å². The lowest BCUT2D eigenvalue weighted by Gasteiger charge is -2.26. The summed E-state index contributed by atoms with van der Waals surface area (Å²) >= 11 is 5.77. The second kappa shape index (κ2) is 6.01. The van der Waals surface area contributed by atoms with Crippen molar-refractivity contribution in [2.45, 2.75) is 26.3 Å². The minimum absolute atomic E-state index is 0.370. The molecule has 0 aliphatic carbocycles. The monoisotopic (exact) mass is 263 g/mol. The Morgan fingerprint density at radius 2 is 2.06 bits per heavy atom. The summed E-state index contributed by atoms with van der Waals surface area (Å²) in [5.74, 6) is 1.45. The van der Waals surface area contributed by atoms with E-state index in [1.165, 1.54) is 0 Å². The van der Waals surface area contributed by atoms with Crippen LogP contribution in [0.4, 0.5) is 5.95 Å². The Morgan fingerprint density at radius 1 is 1.28 bits per heavy atom. The van der Waals surface area contributed by atoms with Gasteiger partial charge in [0.15, 0.2) is 0 Å². The van der Waals surface area contributed by atoms with Crippen LogP contribution >= 0.6 is 11.6 Å². The van der Waals surface area contributed by atoms with Crippen LogP contribution in [-0.4, -0.2) is 28.4 Å². The topological polar surface area (TPSA) is 29.0 Å². The number of benzene rings is 1. The van der Waals surface area contributed by atoms with E-state index in [4.69, 9.17) is 11.6 Å². The van der Waals surface area contributed by atoms with Gasteiger partial charge in [0.1, 0.15) is 0 Å². The zero-order valence-electron chi connectivity index (χ0n) is 10.8. The first-order valence-corrected chi connectivity index (χ1v) is 6.80. The summed E-state index contributed by atoms with van der Waals surface area (Å²) in [5, 5.41) is 1.07. The first kappa shape index (κ1) is 13.1. The number of hydrogen-bond acceptors (Lipinski definition) is 3. The van der Waals surface area contributed by atoms with Crippen LogP contribution in [0, 0.1) is 0 Å². The molecular weight excluding hydrogens is 246 g/mol. The highest BCUT2D eigenvalue weighted by atomic mass is 35.5. The second-order valence-electron chi connectivity index (χ2n) is 4.56. The third kappa shape index (κ3) is 2.91. The summed E-state index contributed by atoms with van der Waals surface area (Å²) < 4.78 is 0. The molecule has 0 aliphatic rings. The van der Waals surface area contributed by atoms with Gasteiger partial charge in [0.05, 0.1) is 5.52 Å². The van der Waals surface area contributed by atoms with Gasteiger partial charge in [-0.15, -0.1) is 11.6 Å². The predicted molar refractivity (Wildman–Crippen MR) is 77.4 cm³/mol. The number of hydrogen-bond donors (Lipinski definition) is 0.